The normalized spacial score (nSPS) is 14.8. The van der Waals surface area contributed by atoms with Gasteiger partial charge in [0.05, 0.1) is 23.8 Å². The van der Waals surface area contributed by atoms with Crippen LogP contribution in [-0.2, 0) is 10.0 Å². The van der Waals surface area contributed by atoms with Crippen LogP contribution in [0.15, 0.2) is 56.4 Å². The Morgan fingerprint density at radius 2 is 1.95 bits per heavy atom. The van der Waals surface area contributed by atoms with Gasteiger partial charge < -0.3 is 9.52 Å². The fourth-order valence-electron chi connectivity index (χ4n) is 1.93. The van der Waals surface area contributed by atoms with Crippen LogP contribution < -0.4 is 4.72 Å². The van der Waals surface area contributed by atoms with Crippen LogP contribution in [0.4, 0.5) is 0 Å². The van der Waals surface area contributed by atoms with Gasteiger partial charge in [-0.15, -0.1) is 0 Å². The molecular weight excluding hydrogens is 358 g/mol. The third-order valence-corrected chi connectivity index (χ3v) is 5.26. The summed E-state index contributed by atoms with van der Waals surface area (Å²) < 4.78 is 33.2. The third-order valence-electron chi connectivity index (χ3n) is 3.22. The van der Waals surface area contributed by atoms with Crippen molar-refractivity contribution in [3.8, 4) is 0 Å². The zero-order valence-corrected chi connectivity index (χ0v) is 13.8. The molecular formula is C14H16BrNO4S. The van der Waals surface area contributed by atoms with E-state index in [1.807, 2.05) is 0 Å². The number of hydrogen-bond acceptors (Lipinski definition) is 4. The first kappa shape index (κ1) is 16.2. The highest BCUT2D eigenvalue weighted by Crippen LogP contribution is 2.22. The van der Waals surface area contributed by atoms with Gasteiger partial charge in [0.25, 0.3) is 0 Å². The highest BCUT2D eigenvalue weighted by Gasteiger charge is 2.26. The summed E-state index contributed by atoms with van der Waals surface area (Å²) in [5.41, 5.74) is 0. The van der Waals surface area contributed by atoms with Crippen LogP contribution in [0.1, 0.15) is 18.6 Å². The lowest BCUT2D eigenvalue weighted by molar-refractivity contribution is 0.234. The van der Waals surface area contributed by atoms with Crippen LogP contribution in [-0.4, -0.2) is 26.2 Å². The van der Waals surface area contributed by atoms with E-state index < -0.39 is 16.1 Å². The van der Waals surface area contributed by atoms with E-state index in [0.29, 0.717) is 5.76 Å². The fourth-order valence-corrected chi connectivity index (χ4v) is 3.50. The van der Waals surface area contributed by atoms with E-state index in [2.05, 4.69) is 20.7 Å². The molecule has 0 aliphatic carbocycles. The second kappa shape index (κ2) is 6.74. The number of rotatable bonds is 6. The number of aliphatic hydroxyl groups excluding tert-OH is 1. The Bertz CT molecular complexity index is 668. The minimum absolute atomic E-state index is 0.149. The molecule has 1 heterocycles. The average Bonchev–Trinajstić information content (AvgIpc) is 2.98. The lowest BCUT2D eigenvalue weighted by atomic mass is 10.0. The second-order valence-corrected chi connectivity index (χ2v) is 7.30. The smallest absolute Gasteiger partial charge is 0.240 e. The first-order valence-electron chi connectivity index (χ1n) is 6.36. The molecule has 0 aliphatic rings. The quantitative estimate of drug-likeness (QED) is 0.814. The van der Waals surface area contributed by atoms with Crippen molar-refractivity contribution >= 4 is 26.0 Å². The van der Waals surface area contributed by atoms with Crippen molar-refractivity contribution in [3.05, 3.63) is 52.9 Å². The predicted octanol–water partition coefficient (Wildman–Crippen LogP) is 2.49. The first-order chi connectivity index (χ1) is 9.94. The highest BCUT2D eigenvalue weighted by atomic mass is 79.9. The van der Waals surface area contributed by atoms with E-state index in [1.165, 1.54) is 18.4 Å². The van der Waals surface area contributed by atoms with E-state index in [4.69, 9.17) is 4.42 Å². The van der Waals surface area contributed by atoms with Gasteiger partial charge in [-0.3, -0.25) is 0 Å². The molecule has 2 N–H and O–H groups in total. The molecule has 2 aromatic rings. The molecule has 5 nitrogen and oxygen atoms in total. The van der Waals surface area contributed by atoms with Crippen molar-refractivity contribution < 1.29 is 17.9 Å². The molecule has 2 atom stereocenters. The molecule has 0 fully saturated rings. The van der Waals surface area contributed by atoms with E-state index in [-0.39, 0.29) is 17.4 Å². The molecule has 7 heteroatoms. The molecule has 0 amide bonds. The van der Waals surface area contributed by atoms with Gasteiger partial charge in [-0.05, 0) is 36.4 Å². The highest BCUT2D eigenvalue weighted by molar-refractivity contribution is 9.10. The third kappa shape index (κ3) is 3.94. The van der Waals surface area contributed by atoms with Gasteiger partial charge in [0.1, 0.15) is 5.76 Å². The molecule has 2 rings (SSSR count). The molecule has 114 valence electrons. The SMILES string of the molecule is CC(c1ccco1)C(CO)NS(=O)(=O)c1ccc(Br)cc1. The summed E-state index contributed by atoms with van der Waals surface area (Å²) in [6.45, 7) is 1.47. The zero-order chi connectivity index (χ0) is 15.5. The number of halogens is 1. The van der Waals surface area contributed by atoms with Crippen LogP contribution in [0.2, 0.25) is 0 Å². The summed E-state index contributed by atoms with van der Waals surface area (Å²) in [6, 6.07) is 9.11. The molecule has 1 aromatic carbocycles. The van der Waals surface area contributed by atoms with Gasteiger partial charge in [-0.1, -0.05) is 22.9 Å². The number of sulfonamides is 1. The summed E-state index contributed by atoms with van der Waals surface area (Å²) in [5.74, 6) is 0.336. The van der Waals surface area contributed by atoms with Crippen LogP contribution in [0.25, 0.3) is 0 Å². The molecule has 0 saturated heterocycles. The fraction of sp³-hybridized carbons (Fsp3) is 0.286. The number of benzene rings is 1. The number of aliphatic hydroxyl groups is 1. The van der Waals surface area contributed by atoms with Crippen molar-refractivity contribution in [1.82, 2.24) is 4.72 Å². The lowest BCUT2D eigenvalue weighted by Crippen LogP contribution is -2.40. The van der Waals surface area contributed by atoms with E-state index in [1.54, 1.807) is 31.2 Å². The van der Waals surface area contributed by atoms with E-state index >= 15 is 0 Å². The summed E-state index contributed by atoms with van der Waals surface area (Å²) in [6.07, 6.45) is 1.52. The van der Waals surface area contributed by atoms with Crippen molar-refractivity contribution in [2.45, 2.75) is 23.8 Å². The van der Waals surface area contributed by atoms with Gasteiger partial charge in [-0.25, -0.2) is 13.1 Å². The maximum Gasteiger partial charge on any atom is 0.240 e. The van der Waals surface area contributed by atoms with Gasteiger partial charge in [0, 0.05) is 10.4 Å². The molecule has 21 heavy (non-hydrogen) atoms. The Labute approximate surface area is 132 Å². The van der Waals surface area contributed by atoms with Crippen molar-refractivity contribution in [3.63, 3.8) is 0 Å². The Kier molecular flexibility index (Phi) is 5.21. The van der Waals surface area contributed by atoms with Crippen LogP contribution in [0, 0.1) is 0 Å². The van der Waals surface area contributed by atoms with Crippen LogP contribution in [0.3, 0.4) is 0 Å². The lowest BCUT2D eigenvalue weighted by Gasteiger charge is -2.21. The topological polar surface area (TPSA) is 79.5 Å². The monoisotopic (exact) mass is 373 g/mol. The second-order valence-electron chi connectivity index (χ2n) is 4.67. The number of hydrogen-bond donors (Lipinski definition) is 2. The molecule has 1 aromatic heterocycles. The van der Waals surface area contributed by atoms with Crippen molar-refractivity contribution in [2.24, 2.45) is 0 Å². The van der Waals surface area contributed by atoms with Gasteiger partial charge in [0.2, 0.25) is 10.0 Å². The summed E-state index contributed by atoms with van der Waals surface area (Å²) in [5, 5.41) is 9.47. The van der Waals surface area contributed by atoms with Gasteiger partial charge in [-0.2, -0.15) is 0 Å². The number of furan rings is 1. The Hall–Kier alpha value is -1.15. The van der Waals surface area contributed by atoms with Crippen molar-refractivity contribution in [2.75, 3.05) is 6.61 Å². The summed E-state index contributed by atoms with van der Waals surface area (Å²) in [7, 11) is -3.70. The molecule has 0 spiro atoms. The van der Waals surface area contributed by atoms with Crippen LogP contribution >= 0.6 is 15.9 Å². The maximum atomic E-state index is 12.3. The summed E-state index contributed by atoms with van der Waals surface area (Å²) >= 11 is 3.26. The molecule has 0 radical (unpaired) electrons. The standard InChI is InChI=1S/C14H16BrNO4S/c1-10(14-3-2-8-20-14)13(9-17)16-21(18,19)12-6-4-11(15)5-7-12/h2-8,10,13,16-17H,9H2,1H3. The van der Waals surface area contributed by atoms with Crippen LogP contribution in [0.5, 0.6) is 0 Å². The predicted molar refractivity (Wildman–Crippen MR) is 82.5 cm³/mol. The van der Waals surface area contributed by atoms with E-state index in [9.17, 15) is 13.5 Å². The van der Waals surface area contributed by atoms with Gasteiger partial charge in [0.15, 0.2) is 0 Å². The minimum atomic E-state index is -3.70. The molecule has 2 unspecified atom stereocenters. The maximum absolute atomic E-state index is 12.3. The molecule has 0 aliphatic heterocycles. The Morgan fingerprint density at radius 1 is 1.29 bits per heavy atom. The molecule has 0 saturated carbocycles. The van der Waals surface area contributed by atoms with E-state index in [0.717, 1.165) is 4.47 Å². The molecule has 0 bridgehead atoms. The average molecular weight is 374 g/mol. The number of nitrogens with one attached hydrogen (secondary N) is 1. The van der Waals surface area contributed by atoms with Gasteiger partial charge >= 0.3 is 0 Å². The van der Waals surface area contributed by atoms with Crippen molar-refractivity contribution in [1.29, 1.82) is 0 Å². The Morgan fingerprint density at radius 3 is 2.48 bits per heavy atom. The Balaban J connectivity index is 2.19. The minimum Gasteiger partial charge on any atom is -0.469 e. The summed E-state index contributed by atoms with van der Waals surface area (Å²) in [4.78, 5) is 0.149. The zero-order valence-electron chi connectivity index (χ0n) is 11.4. The first-order valence-corrected chi connectivity index (χ1v) is 8.64. The largest absolute Gasteiger partial charge is 0.469 e.